The van der Waals surface area contributed by atoms with Crippen LogP contribution in [-0.2, 0) is 6.54 Å². The Hall–Kier alpha value is -2.87. The van der Waals surface area contributed by atoms with Crippen molar-refractivity contribution in [1.29, 1.82) is 0 Å². The van der Waals surface area contributed by atoms with E-state index in [1.165, 1.54) is 11.8 Å². The normalized spacial score (nSPS) is 11.6. The molecule has 7 nitrogen and oxygen atoms in total. The Morgan fingerprint density at radius 1 is 1.17 bits per heavy atom. The van der Waals surface area contributed by atoms with Gasteiger partial charge in [0.2, 0.25) is 5.78 Å². The summed E-state index contributed by atoms with van der Waals surface area (Å²) in [5.41, 5.74) is 3.26. The number of Topliss-reactive ketones (excluding diaryl/α,β-unsaturated/α-hetero) is 1. The molecule has 0 saturated carbocycles. The maximum atomic E-state index is 13.1. The number of carbonyl (C=O) groups is 1. The number of aryl methyl sites for hydroxylation is 3. The molecule has 0 aliphatic rings. The smallest absolute Gasteiger partial charge is 0.262 e. The van der Waals surface area contributed by atoms with Crippen molar-refractivity contribution in [3.63, 3.8) is 0 Å². The molecule has 0 aliphatic carbocycles. The van der Waals surface area contributed by atoms with Crippen LogP contribution in [0.1, 0.15) is 47.9 Å². The largest absolute Gasteiger partial charge is 0.362 e. The summed E-state index contributed by atoms with van der Waals surface area (Å²) in [5.74, 6) is 0.819. The molecule has 0 bridgehead atoms. The molecule has 0 fully saturated rings. The maximum absolute atomic E-state index is 13.1. The van der Waals surface area contributed by atoms with Crippen molar-refractivity contribution in [1.82, 2.24) is 24.1 Å². The zero-order valence-corrected chi connectivity index (χ0v) is 18.3. The zero-order valence-electron chi connectivity index (χ0n) is 17.4. The van der Waals surface area contributed by atoms with E-state index in [2.05, 4.69) is 22.1 Å². The third-order valence-corrected chi connectivity index (χ3v) is 6.17. The van der Waals surface area contributed by atoms with Crippen molar-refractivity contribution in [2.75, 3.05) is 5.75 Å². The fourth-order valence-corrected chi connectivity index (χ4v) is 4.59. The van der Waals surface area contributed by atoms with Crippen LogP contribution in [0.15, 0.2) is 40.3 Å². The Kier molecular flexibility index (Phi) is 5.76. The van der Waals surface area contributed by atoms with Gasteiger partial charge in [-0.15, -0.1) is 10.2 Å². The molecule has 0 aliphatic heterocycles. The number of benzene rings is 1. The minimum Gasteiger partial charge on any atom is -0.362 e. The highest BCUT2D eigenvalue weighted by Gasteiger charge is 2.18. The van der Waals surface area contributed by atoms with Gasteiger partial charge in [-0.2, -0.15) is 0 Å². The highest BCUT2D eigenvalue weighted by molar-refractivity contribution is 7.99. The predicted molar refractivity (Wildman–Crippen MR) is 120 cm³/mol. The standard InChI is InChI=1S/C22H25N5O2S/c1-4-5-8-11-26-20(29)16-9-6-7-10-18(16)27-21(26)24-25-22(27)30-13-19(28)17-12-14(2)23-15(17)3/h6-7,9-10,12,23H,4-5,8,11,13H2,1-3H3. The molecule has 0 spiro atoms. The van der Waals surface area contributed by atoms with Gasteiger partial charge >= 0.3 is 0 Å². The number of rotatable bonds is 8. The molecular formula is C22H25N5O2S. The molecule has 3 aromatic heterocycles. The average Bonchev–Trinajstić information content (AvgIpc) is 3.31. The van der Waals surface area contributed by atoms with E-state index < -0.39 is 0 Å². The van der Waals surface area contributed by atoms with Crippen LogP contribution < -0.4 is 5.56 Å². The molecule has 0 atom stereocenters. The molecule has 4 aromatic rings. The minimum absolute atomic E-state index is 0.0409. The maximum Gasteiger partial charge on any atom is 0.262 e. The Morgan fingerprint density at radius 3 is 2.70 bits per heavy atom. The Bertz CT molecular complexity index is 1280. The van der Waals surface area contributed by atoms with Gasteiger partial charge in [-0.1, -0.05) is 43.7 Å². The molecule has 0 radical (unpaired) electrons. The van der Waals surface area contributed by atoms with E-state index >= 15 is 0 Å². The van der Waals surface area contributed by atoms with Crippen LogP contribution in [0.3, 0.4) is 0 Å². The van der Waals surface area contributed by atoms with Crippen LogP contribution in [-0.4, -0.2) is 35.7 Å². The first-order valence-electron chi connectivity index (χ1n) is 10.2. The van der Waals surface area contributed by atoms with Crippen LogP contribution in [0.4, 0.5) is 0 Å². The highest BCUT2D eigenvalue weighted by Crippen LogP contribution is 2.23. The number of ketones is 1. The number of hydrogen-bond acceptors (Lipinski definition) is 5. The summed E-state index contributed by atoms with van der Waals surface area (Å²) < 4.78 is 3.60. The SMILES string of the molecule is CCCCCn1c(=O)c2ccccc2n2c(SCC(=O)c3cc(C)[nH]c3C)nnc12. The molecule has 8 heteroatoms. The first-order chi connectivity index (χ1) is 14.5. The number of fused-ring (bicyclic) bond motifs is 3. The van der Waals surface area contributed by atoms with Crippen molar-refractivity contribution in [3.05, 3.63) is 57.6 Å². The third kappa shape index (κ3) is 3.67. The van der Waals surface area contributed by atoms with Gasteiger partial charge in [-0.25, -0.2) is 0 Å². The quantitative estimate of drug-likeness (QED) is 0.261. The van der Waals surface area contributed by atoms with Crippen LogP contribution >= 0.6 is 11.8 Å². The molecule has 30 heavy (non-hydrogen) atoms. The van der Waals surface area contributed by atoms with Gasteiger partial charge in [-0.05, 0) is 38.5 Å². The highest BCUT2D eigenvalue weighted by atomic mass is 32.2. The second kappa shape index (κ2) is 8.47. The van der Waals surface area contributed by atoms with Gasteiger partial charge < -0.3 is 4.98 Å². The Balaban J connectivity index is 1.73. The second-order valence-corrected chi connectivity index (χ2v) is 8.44. The van der Waals surface area contributed by atoms with E-state index in [1.54, 1.807) is 4.57 Å². The summed E-state index contributed by atoms with van der Waals surface area (Å²) in [4.78, 5) is 28.9. The van der Waals surface area contributed by atoms with Gasteiger partial charge in [0.05, 0.1) is 16.7 Å². The average molecular weight is 424 g/mol. The number of para-hydroxylation sites is 1. The number of H-pyrrole nitrogens is 1. The lowest BCUT2D eigenvalue weighted by molar-refractivity contribution is 0.102. The van der Waals surface area contributed by atoms with Crippen LogP contribution in [0.5, 0.6) is 0 Å². The van der Waals surface area contributed by atoms with Gasteiger partial charge in [0.15, 0.2) is 10.9 Å². The molecule has 0 unspecified atom stereocenters. The molecule has 4 rings (SSSR count). The minimum atomic E-state index is -0.0485. The van der Waals surface area contributed by atoms with Crippen molar-refractivity contribution in [2.45, 2.75) is 51.7 Å². The summed E-state index contributed by atoms with van der Waals surface area (Å²) in [6.45, 7) is 6.58. The van der Waals surface area contributed by atoms with Crippen molar-refractivity contribution in [3.8, 4) is 0 Å². The summed E-state index contributed by atoms with van der Waals surface area (Å²) in [7, 11) is 0. The summed E-state index contributed by atoms with van der Waals surface area (Å²) in [6.07, 6.45) is 3.03. The fraction of sp³-hybridized carbons (Fsp3) is 0.364. The summed E-state index contributed by atoms with van der Waals surface area (Å²) >= 11 is 1.35. The van der Waals surface area contributed by atoms with Crippen molar-refractivity contribution < 1.29 is 4.79 Å². The van der Waals surface area contributed by atoms with Gasteiger partial charge in [-0.3, -0.25) is 18.6 Å². The number of unbranched alkanes of at least 4 members (excludes halogenated alkanes) is 2. The lowest BCUT2D eigenvalue weighted by Crippen LogP contribution is -2.23. The molecule has 156 valence electrons. The van der Waals surface area contributed by atoms with Crippen LogP contribution in [0.25, 0.3) is 16.7 Å². The molecule has 1 N–H and O–H groups in total. The lowest BCUT2D eigenvalue weighted by Gasteiger charge is -2.11. The molecule has 0 amide bonds. The third-order valence-electron chi connectivity index (χ3n) is 5.25. The topological polar surface area (TPSA) is 85.0 Å². The fourth-order valence-electron chi connectivity index (χ4n) is 3.77. The van der Waals surface area contributed by atoms with Crippen LogP contribution in [0.2, 0.25) is 0 Å². The second-order valence-electron chi connectivity index (χ2n) is 7.50. The van der Waals surface area contributed by atoms with Gasteiger partial charge in [0.1, 0.15) is 0 Å². The van der Waals surface area contributed by atoms with E-state index in [4.69, 9.17) is 0 Å². The predicted octanol–water partition coefficient (Wildman–Crippen LogP) is 4.15. The summed E-state index contributed by atoms with van der Waals surface area (Å²) in [6, 6.07) is 9.37. The van der Waals surface area contributed by atoms with Gasteiger partial charge in [0.25, 0.3) is 5.56 Å². The van der Waals surface area contributed by atoms with Crippen molar-refractivity contribution in [2.24, 2.45) is 0 Å². The van der Waals surface area contributed by atoms with E-state index in [9.17, 15) is 9.59 Å². The lowest BCUT2D eigenvalue weighted by atomic mass is 10.2. The van der Waals surface area contributed by atoms with E-state index in [-0.39, 0.29) is 17.1 Å². The number of aromatic nitrogens is 5. The van der Waals surface area contributed by atoms with E-state index in [1.807, 2.05) is 48.6 Å². The Morgan fingerprint density at radius 2 is 1.97 bits per heavy atom. The zero-order chi connectivity index (χ0) is 21.3. The molecule has 0 saturated heterocycles. The first kappa shape index (κ1) is 20.4. The number of thioether (sulfide) groups is 1. The first-order valence-corrected chi connectivity index (χ1v) is 11.2. The van der Waals surface area contributed by atoms with Gasteiger partial charge in [0, 0.05) is 23.5 Å². The van der Waals surface area contributed by atoms with Crippen LogP contribution in [0, 0.1) is 13.8 Å². The Labute approximate surface area is 178 Å². The van der Waals surface area contributed by atoms with Crippen molar-refractivity contribution >= 4 is 34.2 Å². The molecule has 1 aromatic carbocycles. The number of nitrogens with one attached hydrogen (secondary N) is 1. The number of hydrogen-bond donors (Lipinski definition) is 1. The number of aromatic amines is 1. The number of carbonyl (C=O) groups excluding carboxylic acids is 1. The monoisotopic (exact) mass is 423 g/mol. The molecular weight excluding hydrogens is 398 g/mol. The molecule has 3 heterocycles. The van der Waals surface area contributed by atoms with E-state index in [0.29, 0.717) is 28.4 Å². The van der Waals surface area contributed by atoms with E-state index in [0.717, 1.165) is 36.2 Å². The number of nitrogens with zero attached hydrogens (tertiary/aromatic N) is 4. The summed E-state index contributed by atoms with van der Waals surface area (Å²) in [5, 5.41) is 9.89.